The topological polar surface area (TPSA) is 47.1 Å². The summed E-state index contributed by atoms with van der Waals surface area (Å²) >= 11 is 0. The molecule has 0 radical (unpaired) electrons. The van der Waals surface area contributed by atoms with Gasteiger partial charge in [0.05, 0.1) is 11.0 Å². The number of alkyl halides is 2. The number of nitrogens with one attached hydrogen (secondary N) is 1. The summed E-state index contributed by atoms with van der Waals surface area (Å²) in [6.45, 7) is 0.930. The van der Waals surface area contributed by atoms with Gasteiger partial charge in [0.25, 0.3) is 6.43 Å². The van der Waals surface area contributed by atoms with E-state index in [0.717, 1.165) is 0 Å². The highest BCUT2D eigenvalue weighted by Gasteiger charge is 2.17. The van der Waals surface area contributed by atoms with E-state index in [1.807, 2.05) is 0 Å². The van der Waals surface area contributed by atoms with E-state index >= 15 is 0 Å². The fraction of sp³-hybridized carbons (Fsp3) is 0.300. The molecule has 2 heterocycles. The van der Waals surface area contributed by atoms with Gasteiger partial charge < -0.3 is 14.5 Å². The molecule has 1 aliphatic heterocycles. The van der Waals surface area contributed by atoms with Gasteiger partial charge in [-0.25, -0.2) is 13.8 Å². The van der Waals surface area contributed by atoms with Crippen LogP contribution in [0.5, 0.6) is 11.5 Å². The molecular weight excluding hydrogens is 218 g/mol. The number of H-pyrrole nitrogens is 1. The average molecular weight is 226 g/mol. The molecular formula is C10H8F2N2O2. The second-order valence-corrected chi connectivity index (χ2v) is 3.44. The van der Waals surface area contributed by atoms with Gasteiger partial charge >= 0.3 is 0 Å². The molecule has 0 amide bonds. The van der Waals surface area contributed by atoms with Crippen LogP contribution in [0, 0.1) is 0 Å². The largest absolute Gasteiger partial charge is 0.486 e. The molecule has 6 heteroatoms. The smallest absolute Gasteiger partial charge is 0.295 e. The number of benzene rings is 1. The van der Waals surface area contributed by atoms with Gasteiger partial charge in [0.15, 0.2) is 17.3 Å². The molecule has 0 saturated carbocycles. The number of rotatable bonds is 1. The van der Waals surface area contributed by atoms with Crippen LogP contribution in [0.15, 0.2) is 12.1 Å². The summed E-state index contributed by atoms with van der Waals surface area (Å²) in [6, 6.07) is 3.23. The van der Waals surface area contributed by atoms with Crippen LogP contribution < -0.4 is 9.47 Å². The summed E-state index contributed by atoms with van der Waals surface area (Å²) < 4.78 is 35.5. The summed E-state index contributed by atoms with van der Waals surface area (Å²) in [5, 5.41) is 0. The maximum absolute atomic E-state index is 12.4. The fourth-order valence-electron chi connectivity index (χ4n) is 1.67. The van der Waals surface area contributed by atoms with Crippen molar-refractivity contribution >= 4 is 11.0 Å². The van der Waals surface area contributed by atoms with Gasteiger partial charge in [-0.15, -0.1) is 0 Å². The maximum Gasteiger partial charge on any atom is 0.295 e. The summed E-state index contributed by atoms with van der Waals surface area (Å²) in [6.07, 6.45) is -2.61. The minimum atomic E-state index is -2.61. The lowest BCUT2D eigenvalue weighted by Crippen LogP contribution is -2.15. The van der Waals surface area contributed by atoms with Crippen molar-refractivity contribution in [3.63, 3.8) is 0 Å². The Morgan fingerprint density at radius 2 is 1.88 bits per heavy atom. The normalized spacial score (nSPS) is 14.7. The zero-order chi connectivity index (χ0) is 11.1. The molecule has 0 saturated heterocycles. The molecule has 3 rings (SSSR count). The molecule has 1 N–H and O–H groups in total. The molecule has 1 aromatic heterocycles. The monoisotopic (exact) mass is 226 g/mol. The highest BCUT2D eigenvalue weighted by Crippen LogP contribution is 2.34. The van der Waals surface area contributed by atoms with Crippen LogP contribution in [0.2, 0.25) is 0 Å². The molecule has 1 aliphatic rings. The quantitative estimate of drug-likeness (QED) is 0.811. The first-order valence-corrected chi connectivity index (χ1v) is 4.81. The Bertz CT molecular complexity index is 496. The van der Waals surface area contributed by atoms with E-state index in [4.69, 9.17) is 9.47 Å². The number of aromatic nitrogens is 2. The molecule has 2 aromatic rings. The summed E-state index contributed by atoms with van der Waals surface area (Å²) in [5.74, 6) is 0.770. The Kier molecular flexibility index (Phi) is 1.95. The average Bonchev–Trinajstić information content (AvgIpc) is 2.68. The van der Waals surface area contributed by atoms with Crippen molar-refractivity contribution in [1.29, 1.82) is 0 Å². The Hall–Kier alpha value is -1.85. The number of imidazole rings is 1. The van der Waals surface area contributed by atoms with Gasteiger partial charge in [0.1, 0.15) is 13.2 Å². The zero-order valence-electron chi connectivity index (χ0n) is 8.17. The van der Waals surface area contributed by atoms with Gasteiger partial charge in [0.2, 0.25) is 0 Å². The number of halogens is 2. The third-order valence-electron chi connectivity index (χ3n) is 2.37. The molecule has 0 atom stereocenters. The molecule has 0 spiro atoms. The van der Waals surface area contributed by atoms with Crippen molar-refractivity contribution in [3.05, 3.63) is 18.0 Å². The molecule has 0 aliphatic carbocycles. The SMILES string of the molecule is FC(F)c1nc2cc3c(cc2[nH]1)OCCO3. The lowest BCUT2D eigenvalue weighted by Gasteiger charge is -2.17. The number of fused-ring (bicyclic) bond motifs is 2. The van der Waals surface area contributed by atoms with Crippen molar-refractivity contribution in [2.45, 2.75) is 6.43 Å². The van der Waals surface area contributed by atoms with E-state index in [-0.39, 0.29) is 5.82 Å². The van der Waals surface area contributed by atoms with E-state index in [0.29, 0.717) is 35.7 Å². The second-order valence-electron chi connectivity index (χ2n) is 3.44. The summed E-state index contributed by atoms with van der Waals surface area (Å²) in [7, 11) is 0. The molecule has 0 unspecified atom stereocenters. The van der Waals surface area contributed by atoms with Crippen LogP contribution in [-0.2, 0) is 0 Å². The molecule has 4 nitrogen and oxygen atoms in total. The van der Waals surface area contributed by atoms with E-state index in [9.17, 15) is 8.78 Å². The number of nitrogens with zero attached hydrogens (tertiary/aromatic N) is 1. The van der Waals surface area contributed by atoms with Crippen LogP contribution in [-0.4, -0.2) is 23.2 Å². The highest BCUT2D eigenvalue weighted by molar-refractivity contribution is 5.79. The Morgan fingerprint density at radius 3 is 2.56 bits per heavy atom. The standard InChI is InChI=1S/C10H8F2N2O2/c11-9(12)10-13-5-3-7-8(4-6(5)14-10)16-2-1-15-7/h3-4,9H,1-2H2,(H,13,14). The molecule has 16 heavy (non-hydrogen) atoms. The number of aromatic amines is 1. The van der Waals surface area contributed by atoms with Crippen molar-refractivity contribution in [2.75, 3.05) is 13.2 Å². The van der Waals surface area contributed by atoms with Crippen molar-refractivity contribution < 1.29 is 18.3 Å². The second kappa shape index (κ2) is 3.33. The minimum Gasteiger partial charge on any atom is -0.486 e. The van der Waals surface area contributed by atoms with Crippen molar-refractivity contribution in [3.8, 4) is 11.5 Å². The lowest BCUT2D eigenvalue weighted by atomic mass is 10.2. The van der Waals surface area contributed by atoms with Crippen LogP contribution >= 0.6 is 0 Å². The third-order valence-corrected chi connectivity index (χ3v) is 2.37. The Balaban J connectivity index is 2.16. The fourth-order valence-corrected chi connectivity index (χ4v) is 1.67. The Labute approximate surface area is 89.2 Å². The van der Waals surface area contributed by atoms with Gasteiger partial charge in [0, 0.05) is 12.1 Å². The van der Waals surface area contributed by atoms with Gasteiger partial charge in [-0.2, -0.15) is 0 Å². The van der Waals surface area contributed by atoms with E-state index < -0.39 is 6.43 Å². The van der Waals surface area contributed by atoms with Gasteiger partial charge in [-0.1, -0.05) is 0 Å². The maximum atomic E-state index is 12.4. The number of ether oxygens (including phenoxy) is 2. The predicted octanol–water partition coefficient (Wildman–Crippen LogP) is 2.27. The Morgan fingerprint density at radius 1 is 1.19 bits per heavy atom. The van der Waals surface area contributed by atoms with E-state index in [2.05, 4.69) is 9.97 Å². The first-order valence-electron chi connectivity index (χ1n) is 4.81. The first kappa shape index (κ1) is 9.38. The molecule has 0 bridgehead atoms. The molecule has 0 fully saturated rings. The summed E-state index contributed by atoms with van der Waals surface area (Å²) in [4.78, 5) is 6.33. The van der Waals surface area contributed by atoms with E-state index in [1.165, 1.54) is 0 Å². The third kappa shape index (κ3) is 1.37. The first-order chi connectivity index (χ1) is 7.74. The van der Waals surface area contributed by atoms with Crippen LogP contribution in [0.4, 0.5) is 8.78 Å². The molecule has 1 aromatic carbocycles. The zero-order valence-corrected chi connectivity index (χ0v) is 8.17. The van der Waals surface area contributed by atoms with Crippen LogP contribution in [0.25, 0.3) is 11.0 Å². The number of hydrogen-bond donors (Lipinski definition) is 1. The summed E-state index contributed by atoms with van der Waals surface area (Å²) in [5.41, 5.74) is 0.985. The van der Waals surface area contributed by atoms with Gasteiger partial charge in [-0.3, -0.25) is 0 Å². The minimum absolute atomic E-state index is 0.336. The predicted molar refractivity (Wildman–Crippen MR) is 52.0 cm³/mol. The van der Waals surface area contributed by atoms with Crippen LogP contribution in [0.1, 0.15) is 12.2 Å². The van der Waals surface area contributed by atoms with Crippen LogP contribution in [0.3, 0.4) is 0 Å². The molecule has 84 valence electrons. The van der Waals surface area contributed by atoms with Crippen molar-refractivity contribution in [1.82, 2.24) is 9.97 Å². The van der Waals surface area contributed by atoms with Gasteiger partial charge in [-0.05, 0) is 0 Å². The van der Waals surface area contributed by atoms with Crippen molar-refractivity contribution in [2.24, 2.45) is 0 Å². The number of hydrogen-bond acceptors (Lipinski definition) is 3. The highest BCUT2D eigenvalue weighted by atomic mass is 19.3. The lowest BCUT2D eigenvalue weighted by molar-refractivity contribution is 0.142. The van der Waals surface area contributed by atoms with E-state index in [1.54, 1.807) is 12.1 Å².